The Hall–Kier alpha value is -6.74. The number of benzene rings is 5. The molecule has 4 amide bonds. The highest BCUT2D eigenvalue weighted by Gasteiger charge is 2.62. The van der Waals surface area contributed by atoms with Gasteiger partial charge in [0.1, 0.15) is 5.75 Å². The number of hydrogen-bond acceptors (Lipinski definition) is 7. The van der Waals surface area contributed by atoms with Crippen molar-refractivity contribution in [1.82, 2.24) is 0 Å². The zero-order valence-corrected chi connectivity index (χ0v) is 29.4. The van der Waals surface area contributed by atoms with Crippen LogP contribution in [-0.2, 0) is 19.2 Å². The Balaban J connectivity index is 1.04. The molecule has 0 radical (unpaired) electrons. The summed E-state index contributed by atoms with van der Waals surface area (Å²) in [5, 5.41) is 10.6. The number of imide groups is 2. The minimum Gasteiger partial charge on any atom is -0.508 e. The fraction of sp³-hybridized carbons (Fsp3) is 0.174. The first-order valence-corrected chi connectivity index (χ1v) is 18.4. The van der Waals surface area contributed by atoms with Gasteiger partial charge in [-0.15, -0.1) is 0 Å². The summed E-state index contributed by atoms with van der Waals surface area (Å²) in [6.07, 6.45) is 2.42. The number of carbonyl (C=O) groups excluding carboxylic acids is 6. The number of allylic oxidation sites excluding steroid dienone is 2. The van der Waals surface area contributed by atoms with Crippen molar-refractivity contribution in [1.29, 1.82) is 0 Å². The lowest BCUT2D eigenvalue weighted by atomic mass is 9.57. The van der Waals surface area contributed by atoms with E-state index in [9.17, 15) is 33.9 Å². The second kappa shape index (κ2) is 13.3. The van der Waals surface area contributed by atoms with Crippen LogP contribution in [0.4, 0.5) is 11.4 Å². The maximum absolute atomic E-state index is 14.5. The van der Waals surface area contributed by atoms with Crippen LogP contribution in [0.5, 0.6) is 5.75 Å². The quantitative estimate of drug-likeness (QED) is 0.110. The molecule has 6 atom stereocenters. The molecule has 9 rings (SSSR count). The average molecular weight is 727 g/mol. The molecule has 3 fully saturated rings. The lowest BCUT2D eigenvalue weighted by Crippen LogP contribution is -2.43. The van der Waals surface area contributed by atoms with E-state index >= 15 is 0 Å². The van der Waals surface area contributed by atoms with E-state index in [0.717, 1.165) is 5.57 Å². The first-order chi connectivity index (χ1) is 26.7. The van der Waals surface area contributed by atoms with Crippen molar-refractivity contribution in [2.24, 2.45) is 29.6 Å². The lowest BCUT2D eigenvalue weighted by molar-refractivity contribution is -0.126. The fourth-order valence-corrected chi connectivity index (χ4v) is 9.23. The third-order valence-corrected chi connectivity index (χ3v) is 11.7. The number of carbonyl (C=O) groups is 6. The zero-order chi connectivity index (χ0) is 38.0. The molecule has 2 saturated heterocycles. The normalized spacial score (nSPS) is 24.3. The van der Waals surface area contributed by atoms with Crippen molar-refractivity contribution in [3.8, 4) is 5.75 Å². The SMILES string of the molecule is O=C(c1ccccc1)c1ccc(N2C(=O)C3CC=C4C(CC5C(=O)N(c6ccc(C(=O)c7ccccc7)cc6)C(=O)C5C4c4cccc(O)c4)C3C2=O)cc1. The van der Waals surface area contributed by atoms with Crippen LogP contribution < -0.4 is 9.80 Å². The number of fused-ring (bicyclic) bond motifs is 4. The summed E-state index contributed by atoms with van der Waals surface area (Å²) in [5.74, 6) is -6.06. The molecular formula is C46H34N2O7. The van der Waals surface area contributed by atoms with Crippen LogP contribution in [0.15, 0.2) is 145 Å². The van der Waals surface area contributed by atoms with Gasteiger partial charge in [-0.1, -0.05) is 84.4 Å². The highest BCUT2D eigenvalue weighted by atomic mass is 16.3. The van der Waals surface area contributed by atoms with Gasteiger partial charge in [-0.3, -0.25) is 38.6 Å². The third-order valence-electron chi connectivity index (χ3n) is 11.7. The Morgan fingerprint density at radius 3 is 1.53 bits per heavy atom. The number of rotatable bonds is 7. The number of aromatic hydroxyl groups is 1. The fourth-order valence-electron chi connectivity index (χ4n) is 9.23. The molecule has 1 saturated carbocycles. The van der Waals surface area contributed by atoms with Crippen LogP contribution in [0.1, 0.15) is 56.2 Å². The minimum absolute atomic E-state index is 0.00486. The average Bonchev–Trinajstić information content (AvgIpc) is 3.63. The molecule has 0 bridgehead atoms. The molecule has 6 unspecified atom stereocenters. The van der Waals surface area contributed by atoms with Gasteiger partial charge in [0, 0.05) is 28.2 Å². The molecule has 0 spiro atoms. The van der Waals surface area contributed by atoms with Crippen LogP contribution in [0, 0.1) is 29.6 Å². The van der Waals surface area contributed by atoms with Crippen molar-refractivity contribution >= 4 is 46.6 Å². The Morgan fingerprint density at radius 2 is 1.00 bits per heavy atom. The molecule has 5 aromatic carbocycles. The number of nitrogens with zero attached hydrogens (tertiary/aromatic N) is 2. The van der Waals surface area contributed by atoms with Gasteiger partial charge in [0.05, 0.1) is 35.0 Å². The van der Waals surface area contributed by atoms with Gasteiger partial charge in [-0.05, 0) is 85.0 Å². The monoisotopic (exact) mass is 726 g/mol. The third kappa shape index (κ3) is 5.53. The van der Waals surface area contributed by atoms with E-state index in [1.54, 1.807) is 109 Å². The van der Waals surface area contributed by atoms with Crippen LogP contribution in [-0.4, -0.2) is 40.3 Å². The predicted molar refractivity (Wildman–Crippen MR) is 203 cm³/mol. The van der Waals surface area contributed by atoms with Gasteiger partial charge < -0.3 is 5.11 Å². The number of phenolic OH excluding ortho intramolecular Hbond substituents is 1. The van der Waals surface area contributed by atoms with Gasteiger partial charge in [0.2, 0.25) is 23.6 Å². The second-order valence-electron chi connectivity index (χ2n) is 14.6. The van der Waals surface area contributed by atoms with Crippen molar-refractivity contribution in [3.05, 3.63) is 173 Å². The molecule has 9 nitrogen and oxygen atoms in total. The molecule has 2 aliphatic heterocycles. The summed E-state index contributed by atoms with van der Waals surface area (Å²) in [6.45, 7) is 0. The van der Waals surface area contributed by atoms with Gasteiger partial charge in [0.15, 0.2) is 11.6 Å². The summed E-state index contributed by atoms with van der Waals surface area (Å²) in [5.41, 5.74) is 4.04. The van der Waals surface area contributed by atoms with E-state index in [1.807, 2.05) is 24.3 Å². The van der Waals surface area contributed by atoms with Crippen molar-refractivity contribution in [2.45, 2.75) is 18.8 Å². The molecule has 5 aromatic rings. The zero-order valence-electron chi connectivity index (χ0n) is 29.4. The van der Waals surface area contributed by atoms with Crippen LogP contribution >= 0.6 is 0 Å². The summed E-state index contributed by atoms with van der Waals surface area (Å²) in [4.78, 5) is 85.9. The van der Waals surface area contributed by atoms with Gasteiger partial charge >= 0.3 is 0 Å². The minimum atomic E-state index is -0.808. The molecule has 1 N–H and O–H groups in total. The summed E-state index contributed by atoms with van der Waals surface area (Å²) < 4.78 is 0. The van der Waals surface area contributed by atoms with Crippen LogP contribution in [0.2, 0.25) is 0 Å². The number of anilines is 2. The van der Waals surface area contributed by atoms with E-state index < -0.39 is 47.3 Å². The molecule has 9 heteroatoms. The first kappa shape index (κ1) is 34.1. The van der Waals surface area contributed by atoms with E-state index in [-0.39, 0.29) is 42.0 Å². The van der Waals surface area contributed by atoms with Gasteiger partial charge in [-0.2, -0.15) is 0 Å². The Bertz CT molecular complexity index is 2440. The number of phenols is 1. The van der Waals surface area contributed by atoms with E-state index in [1.165, 1.54) is 15.9 Å². The molecule has 4 aliphatic rings. The predicted octanol–water partition coefficient (Wildman–Crippen LogP) is 6.90. The number of amides is 4. The van der Waals surface area contributed by atoms with Crippen molar-refractivity contribution in [3.63, 3.8) is 0 Å². The summed E-state index contributed by atoms with van der Waals surface area (Å²) >= 11 is 0. The Labute approximate surface area is 316 Å². The molecule has 2 heterocycles. The van der Waals surface area contributed by atoms with E-state index in [2.05, 4.69) is 0 Å². The standard InChI is InChI=1S/C46H34N2O7/c49-33-13-7-12-30(24-33)38-34-22-23-35-39(45(54)47(43(35)52)31-18-14-28(15-19-31)41(50)26-8-3-1-4-9-26)36(34)25-37-40(38)46(55)48(44(37)53)32-20-16-29(17-21-32)42(51)27-10-5-2-6-11-27/h1-22,24,35-40,49H,23,25H2. The molecule has 0 aromatic heterocycles. The molecule has 270 valence electrons. The Morgan fingerprint density at radius 1 is 0.509 bits per heavy atom. The molecular weight excluding hydrogens is 693 g/mol. The lowest BCUT2D eigenvalue weighted by Gasteiger charge is -2.44. The number of hydrogen-bond donors (Lipinski definition) is 1. The van der Waals surface area contributed by atoms with E-state index in [0.29, 0.717) is 39.2 Å². The number of ketones is 2. The Kier molecular flexibility index (Phi) is 8.22. The highest BCUT2D eigenvalue weighted by Crippen LogP contribution is 2.58. The maximum atomic E-state index is 14.5. The maximum Gasteiger partial charge on any atom is 0.238 e. The summed E-state index contributed by atoms with van der Waals surface area (Å²) in [7, 11) is 0. The van der Waals surface area contributed by atoms with Crippen LogP contribution in [0.25, 0.3) is 0 Å². The highest BCUT2D eigenvalue weighted by molar-refractivity contribution is 6.24. The second-order valence-corrected chi connectivity index (χ2v) is 14.6. The summed E-state index contributed by atoms with van der Waals surface area (Å²) in [6, 6.07) is 37.2. The van der Waals surface area contributed by atoms with Gasteiger partial charge in [-0.25, -0.2) is 0 Å². The molecule has 2 aliphatic carbocycles. The van der Waals surface area contributed by atoms with Crippen molar-refractivity contribution in [2.75, 3.05) is 9.80 Å². The van der Waals surface area contributed by atoms with E-state index in [4.69, 9.17) is 0 Å². The van der Waals surface area contributed by atoms with Crippen molar-refractivity contribution < 1.29 is 33.9 Å². The molecule has 55 heavy (non-hydrogen) atoms. The van der Waals surface area contributed by atoms with Crippen LogP contribution in [0.3, 0.4) is 0 Å². The smallest absolute Gasteiger partial charge is 0.238 e. The first-order valence-electron chi connectivity index (χ1n) is 18.4. The largest absolute Gasteiger partial charge is 0.508 e. The van der Waals surface area contributed by atoms with Gasteiger partial charge in [0.25, 0.3) is 0 Å². The topological polar surface area (TPSA) is 129 Å².